The molecule has 0 N–H and O–H groups in total. The molecule has 0 aliphatic carbocycles. The number of carbonyl (C=O) groups excluding carboxylic acids is 1. The first kappa shape index (κ1) is 21.2. The van der Waals surface area contributed by atoms with E-state index in [4.69, 9.17) is 13.9 Å². The second-order valence-corrected chi connectivity index (χ2v) is 8.29. The van der Waals surface area contributed by atoms with Crippen LogP contribution in [0.1, 0.15) is 39.4 Å². The van der Waals surface area contributed by atoms with E-state index in [1.54, 1.807) is 0 Å². The number of hydrogen-bond donors (Lipinski definition) is 0. The van der Waals surface area contributed by atoms with Crippen LogP contribution in [-0.2, 0) is 0 Å². The molecule has 2 aromatic heterocycles. The van der Waals surface area contributed by atoms with E-state index in [-0.39, 0.29) is 11.9 Å². The summed E-state index contributed by atoms with van der Waals surface area (Å²) in [7, 11) is 0. The highest BCUT2D eigenvalue weighted by atomic mass is 16.5. The summed E-state index contributed by atoms with van der Waals surface area (Å²) in [6.07, 6.45) is 0. The Morgan fingerprint density at radius 1 is 0.939 bits per heavy atom. The van der Waals surface area contributed by atoms with Crippen molar-refractivity contribution in [3.8, 4) is 11.4 Å². The van der Waals surface area contributed by atoms with E-state index in [9.17, 15) is 4.79 Å². The lowest BCUT2D eigenvalue weighted by Gasteiger charge is -2.38. The van der Waals surface area contributed by atoms with Gasteiger partial charge in [-0.2, -0.15) is 4.98 Å². The highest BCUT2D eigenvalue weighted by Gasteiger charge is 2.32. The number of hydrogen-bond acceptors (Lipinski definition) is 6. The largest absolute Gasteiger partial charge is 0.466 e. The van der Waals surface area contributed by atoms with Crippen molar-refractivity contribution in [2.24, 2.45) is 0 Å². The molecular weight excluding hydrogens is 416 g/mol. The molecular formula is C26H26N4O3. The first-order valence-electron chi connectivity index (χ1n) is 11.1. The van der Waals surface area contributed by atoms with Gasteiger partial charge in [0.05, 0.1) is 5.56 Å². The molecule has 7 nitrogen and oxygen atoms in total. The van der Waals surface area contributed by atoms with Crippen LogP contribution in [0.25, 0.3) is 11.4 Å². The first-order chi connectivity index (χ1) is 16.1. The maximum Gasteiger partial charge on any atom is 0.257 e. The van der Waals surface area contributed by atoms with E-state index < -0.39 is 0 Å². The molecule has 5 rings (SSSR count). The SMILES string of the molecule is Cc1cc(C(=O)N2CCN([C@@H](c3ccccc3)c3nc(-c4ccccc4)no3)CC2)c(C)o1. The summed E-state index contributed by atoms with van der Waals surface area (Å²) in [5.74, 6) is 2.57. The van der Waals surface area contributed by atoms with Gasteiger partial charge >= 0.3 is 0 Å². The summed E-state index contributed by atoms with van der Waals surface area (Å²) in [5, 5.41) is 4.23. The second-order valence-electron chi connectivity index (χ2n) is 8.29. The van der Waals surface area contributed by atoms with Crippen molar-refractivity contribution in [1.29, 1.82) is 0 Å². The normalized spacial score (nSPS) is 15.5. The fraction of sp³-hybridized carbons (Fsp3) is 0.269. The van der Waals surface area contributed by atoms with Gasteiger partial charge in [-0.25, -0.2) is 0 Å². The van der Waals surface area contributed by atoms with Crippen molar-refractivity contribution >= 4 is 5.91 Å². The van der Waals surface area contributed by atoms with Gasteiger partial charge in [-0.15, -0.1) is 0 Å². The van der Waals surface area contributed by atoms with E-state index in [2.05, 4.69) is 22.2 Å². The van der Waals surface area contributed by atoms with Crippen LogP contribution in [0.4, 0.5) is 0 Å². The van der Waals surface area contributed by atoms with Gasteiger partial charge in [-0.05, 0) is 25.5 Å². The van der Waals surface area contributed by atoms with Crippen LogP contribution in [-0.4, -0.2) is 52.0 Å². The van der Waals surface area contributed by atoms with E-state index in [0.29, 0.717) is 49.2 Å². The molecule has 33 heavy (non-hydrogen) atoms. The van der Waals surface area contributed by atoms with Gasteiger partial charge in [-0.1, -0.05) is 65.8 Å². The fourth-order valence-electron chi connectivity index (χ4n) is 4.39. The van der Waals surface area contributed by atoms with Crippen LogP contribution in [0.2, 0.25) is 0 Å². The van der Waals surface area contributed by atoms with E-state index >= 15 is 0 Å². The minimum atomic E-state index is -0.175. The topological polar surface area (TPSA) is 75.6 Å². The zero-order valence-electron chi connectivity index (χ0n) is 18.8. The van der Waals surface area contributed by atoms with Gasteiger partial charge in [0.25, 0.3) is 5.91 Å². The molecule has 1 saturated heterocycles. The summed E-state index contributed by atoms with van der Waals surface area (Å²) in [6, 6.07) is 21.6. The van der Waals surface area contributed by atoms with Crippen molar-refractivity contribution < 1.29 is 13.7 Å². The summed E-state index contributed by atoms with van der Waals surface area (Å²) in [5.41, 5.74) is 2.65. The third-order valence-electron chi connectivity index (χ3n) is 6.06. The van der Waals surface area contributed by atoms with Crippen LogP contribution in [0.3, 0.4) is 0 Å². The number of furan rings is 1. The van der Waals surface area contributed by atoms with Gasteiger partial charge in [-0.3, -0.25) is 9.69 Å². The molecule has 0 spiro atoms. The lowest BCUT2D eigenvalue weighted by molar-refractivity contribution is 0.0571. The van der Waals surface area contributed by atoms with Gasteiger partial charge < -0.3 is 13.8 Å². The quantitative estimate of drug-likeness (QED) is 0.453. The molecule has 4 aromatic rings. The molecule has 2 aromatic carbocycles. The number of piperazine rings is 1. The average molecular weight is 443 g/mol. The lowest BCUT2D eigenvalue weighted by Crippen LogP contribution is -2.50. The first-order valence-corrected chi connectivity index (χ1v) is 11.1. The molecule has 168 valence electrons. The Labute approximate surface area is 192 Å². The van der Waals surface area contributed by atoms with Crippen LogP contribution in [0.5, 0.6) is 0 Å². The molecule has 0 radical (unpaired) electrons. The summed E-state index contributed by atoms with van der Waals surface area (Å²) in [4.78, 5) is 21.9. The number of aromatic nitrogens is 2. The van der Waals surface area contributed by atoms with Crippen molar-refractivity contribution in [1.82, 2.24) is 19.9 Å². The Morgan fingerprint density at radius 3 is 2.24 bits per heavy atom. The number of carbonyl (C=O) groups is 1. The zero-order chi connectivity index (χ0) is 22.8. The third-order valence-corrected chi connectivity index (χ3v) is 6.06. The Bertz CT molecular complexity index is 1220. The smallest absolute Gasteiger partial charge is 0.257 e. The Balaban J connectivity index is 1.37. The number of benzene rings is 2. The number of aryl methyl sites for hydroxylation is 2. The third kappa shape index (κ3) is 4.32. The maximum atomic E-state index is 13.0. The number of amides is 1. The fourth-order valence-corrected chi connectivity index (χ4v) is 4.39. The van der Waals surface area contributed by atoms with Crippen molar-refractivity contribution in [3.05, 3.63) is 95.3 Å². The Morgan fingerprint density at radius 2 is 1.61 bits per heavy atom. The van der Waals surface area contributed by atoms with E-state index in [0.717, 1.165) is 16.9 Å². The summed E-state index contributed by atoms with van der Waals surface area (Å²) in [6.45, 7) is 6.33. The monoisotopic (exact) mass is 442 g/mol. The maximum absolute atomic E-state index is 13.0. The molecule has 1 atom stereocenters. The molecule has 1 aliphatic heterocycles. The van der Waals surface area contributed by atoms with E-state index in [1.807, 2.05) is 73.3 Å². The minimum absolute atomic E-state index is 0.0180. The zero-order valence-corrected chi connectivity index (χ0v) is 18.8. The molecule has 7 heteroatoms. The highest BCUT2D eigenvalue weighted by Crippen LogP contribution is 2.30. The lowest BCUT2D eigenvalue weighted by atomic mass is 10.0. The van der Waals surface area contributed by atoms with Gasteiger partial charge in [0.2, 0.25) is 11.7 Å². The number of nitrogens with zero attached hydrogens (tertiary/aromatic N) is 4. The van der Waals surface area contributed by atoms with Crippen molar-refractivity contribution in [2.45, 2.75) is 19.9 Å². The number of rotatable bonds is 5. The van der Waals surface area contributed by atoms with Crippen LogP contribution in [0.15, 0.2) is 75.7 Å². The van der Waals surface area contributed by atoms with Gasteiger partial charge in [0, 0.05) is 31.7 Å². The predicted molar refractivity (Wildman–Crippen MR) is 124 cm³/mol. The van der Waals surface area contributed by atoms with Gasteiger partial charge in [0.15, 0.2) is 0 Å². The molecule has 0 bridgehead atoms. The van der Waals surface area contributed by atoms with Crippen molar-refractivity contribution in [3.63, 3.8) is 0 Å². The van der Waals surface area contributed by atoms with Crippen molar-refractivity contribution in [2.75, 3.05) is 26.2 Å². The average Bonchev–Trinajstić information content (AvgIpc) is 3.47. The van der Waals surface area contributed by atoms with Crippen LogP contribution in [0, 0.1) is 13.8 Å². The summed E-state index contributed by atoms with van der Waals surface area (Å²) < 4.78 is 11.3. The molecule has 3 heterocycles. The minimum Gasteiger partial charge on any atom is -0.466 e. The van der Waals surface area contributed by atoms with E-state index in [1.165, 1.54) is 0 Å². The molecule has 0 saturated carbocycles. The Kier molecular flexibility index (Phi) is 5.79. The van der Waals surface area contributed by atoms with Crippen LogP contribution < -0.4 is 0 Å². The van der Waals surface area contributed by atoms with Gasteiger partial charge in [0.1, 0.15) is 17.6 Å². The second kappa shape index (κ2) is 9.03. The summed E-state index contributed by atoms with van der Waals surface area (Å²) >= 11 is 0. The highest BCUT2D eigenvalue weighted by molar-refractivity contribution is 5.95. The predicted octanol–water partition coefficient (Wildman–Crippen LogP) is 4.49. The molecule has 1 aliphatic rings. The molecule has 1 amide bonds. The molecule has 0 unspecified atom stereocenters. The standard InChI is InChI=1S/C26H26N4O3/c1-18-17-22(19(2)32-18)26(31)30-15-13-29(14-16-30)23(20-9-5-3-6-10-20)25-27-24(28-33-25)21-11-7-4-8-12-21/h3-12,17,23H,13-16H2,1-2H3/t23-/m0/s1. The molecule has 1 fully saturated rings. The van der Waals surface area contributed by atoms with Crippen LogP contribution >= 0.6 is 0 Å². The Hall–Kier alpha value is -3.71.